The molecule has 2 N–H and O–H groups in total. The Morgan fingerprint density at radius 2 is 1.80 bits per heavy atom. The van der Waals surface area contributed by atoms with Gasteiger partial charge in [0.15, 0.2) is 11.6 Å². The van der Waals surface area contributed by atoms with E-state index in [-0.39, 0.29) is 18.9 Å². The lowest BCUT2D eigenvalue weighted by Gasteiger charge is -2.30. The molecule has 0 aliphatic carbocycles. The van der Waals surface area contributed by atoms with Crippen LogP contribution >= 0.6 is 23.2 Å². The Bertz CT molecular complexity index is 1680. The van der Waals surface area contributed by atoms with Gasteiger partial charge in [0.1, 0.15) is 11.5 Å². The van der Waals surface area contributed by atoms with Crippen LogP contribution in [0.1, 0.15) is 41.2 Å². The maximum absolute atomic E-state index is 14.4. The van der Waals surface area contributed by atoms with Crippen LogP contribution in [-0.2, 0) is 16.0 Å². The highest BCUT2D eigenvalue weighted by atomic mass is 35.5. The van der Waals surface area contributed by atoms with Gasteiger partial charge in [-0.25, -0.2) is 4.99 Å². The number of carbonyl (C=O) groups excluding carboxylic acids is 1. The number of rotatable bonds is 14. The Balaban J connectivity index is 1.50. The topological polar surface area (TPSA) is 89.4 Å². The highest BCUT2D eigenvalue weighted by Gasteiger charge is 2.53. The zero-order valence-electron chi connectivity index (χ0n) is 25.5. The first-order valence-electron chi connectivity index (χ1n) is 15.1. The van der Waals surface area contributed by atoms with Crippen molar-refractivity contribution >= 4 is 41.1 Å². The normalized spacial score (nSPS) is 17.4. The number of aliphatic hydroxyl groups is 1. The highest BCUT2D eigenvalue weighted by molar-refractivity contribution is 6.35. The van der Waals surface area contributed by atoms with Crippen molar-refractivity contribution in [3.63, 3.8) is 0 Å². The van der Waals surface area contributed by atoms with Gasteiger partial charge in [-0.05, 0) is 66.1 Å². The van der Waals surface area contributed by atoms with Gasteiger partial charge in [-0.1, -0.05) is 83.9 Å². The number of halogens is 2. The first-order valence-corrected chi connectivity index (χ1v) is 15.9. The molecule has 0 saturated carbocycles. The van der Waals surface area contributed by atoms with Gasteiger partial charge in [0.2, 0.25) is 5.90 Å². The second kappa shape index (κ2) is 15.8. The van der Waals surface area contributed by atoms with Crippen molar-refractivity contribution in [3.8, 4) is 11.5 Å². The van der Waals surface area contributed by atoms with Crippen LogP contribution in [0.2, 0.25) is 10.0 Å². The Hall–Kier alpha value is -4.30. The number of methoxy groups -OCH3 is 1. The van der Waals surface area contributed by atoms with Crippen LogP contribution in [0.5, 0.6) is 11.5 Å². The number of carbonyl (C=O) groups is 1. The lowest BCUT2D eigenvalue weighted by Crippen LogP contribution is -2.48. The summed E-state index contributed by atoms with van der Waals surface area (Å²) in [6, 6.07) is 30.1. The molecule has 0 fully saturated rings. The minimum Gasteiger partial charge on any atom is -0.497 e. The van der Waals surface area contributed by atoms with Crippen LogP contribution in [0.4, 0.5) is 0 Å². The van der Waals surface area contributed by atoms with E-state index in [2.05, 4.69) is 5.32 Å². The average molecular weight is 660 g/mol. The molecule has 238 valence electrons. The van der Waals surface area contributed by atoms with Crippen molar-refractivity contribution in [2.24, 2.45) is 4.99 Å². The molecule has 4 aromatic rings. The molecule has 1 amide bonds. The van der Waals surface area contributed by atoms with Crippen LogP contribution in [0, 0.1) is 0 Å². The van der Waals surface area contributed by atoms with Crippen molar-refractivity contribution in [2.45, 2.75) is 30.9 Å². The molecule has 0 aromatic heterocycles. The minimum absolute atomic E-state index is 0.0553. The highest BCUT2D eigenvalue weighted by Crippen LogP contribution is 2.45. The van der Waals surface area contributed by atoms with E-state index in [4.69, 9.17) is 47.5 Å². The zero-order valence-corrected chi connectivity index (χ0v) is 27.0. The van der Waals surface area contributed by atoms with Crippen molar-refractivity contribution in [1.29, 1.82) is 0 Å². The third kappa shape index (κ3) is 8.10. The summed E-state index contributed by atoms with van der Waals surface area (Å²) in [5.74, 6) is 1.43. The van der Waals surface area contributed by atoms with E-state index in [0.29, 0.717) is 58.8 Å². The number of aliphatic hydroxyl groups excluding tert-OH is 1. The van der Waals surface area contributed by atoms with Crippen molar-refractivity contribution in [2.75, 3.05) is 26.9 Å². The third-order valence-electron chi connectivity index (χ3n) is 7.65. The quantitative estimate of drug-likeness (QED) is 0.137. The first-order chi connectivity index (χ1) is 22.4. The molecule has 0 radical (unpaired) electrons. The monoisotopic (exact) mass is 658 g/mol. The van der Waals surface area contributed by atoms with E-state index < -0.39 is 11.6 Å². The lowest BCUT2D eigenvalue weighted by atomic mass is 9.84. The smallest absolute Gasteiger partial charge is 0.252 e. The van der Waals surface area contributed by atoms with Crippen LogP contribution in [0.25, 0.3) is 6.08 Å². The molecule has 1 aliphatic rings. The minimum atomic E-state index is -1.39. The van der Waals surface area contributed by atoms with Crippen LogP contribution in [-0.4, -0.2) is 49.3 Å². The van der Waals surface area contributed by atoms with Gasteiger partial charge >= 0.3 is 0 Å². The summed E-state index contributed by atoms with van der Waals surface area (Å²) in [6.45, 7) is 0.832. The van der Waals surface area contributed by atoms with E-state index in [0.717, 1.165) is 16.9 Å². The van der Waals surface area contributed by atoms with Crippen LogP contribution in [0.15, 0.2) is 108 Å². The molecule has 5 rings (SSSR count). The molecule has 2 atom stereocenters. The fourth-order valence-corrected chi connectivity index (χ4v) is 5.75. The SMILES string of the molecule is COc1cccc(CCNC(=O)[C@]2(C/C=C/c3ccccc3)N=C(c3ccc(OCCCO)cc3)O[C@@H]2c2ccc(Cl)cc2Cl)c1. The second-order valence-electron chi connectivity index (χ2n) is 10.8. The molecule has 9 heteroatoms. The molecule has 4 aromatic carbocycles. The maximum Gasteiger partial charge on any atom is 0.252 e. The standard InChI is InChI=1S/C37H36Cl2N2O5/c1-44-31-12-5-10-27(24-31)19-21-40-36(43)37(20-6-11-26-8-3-2-4-9-26)34(32-18-15-29(38)25-33(32)39)46-35(41-37)28-13-16-30(17-14-28)45-23-7-22-42/h2-6,8-18,24-25,34,42H,7,19-23H2,1H3,(H,40,43)/b11-6+/t34-,37-/m1/s1. The third-order valence-corrected chi connectivity index (χ3v) is 8.21. The summed E-state index contributed by atoms with van der Waals surface area (Å²) in [5.41, 5.74) is 1.93. The Labute approximate surface area is 279 Å². The molecule has 0 spiro atoms. The van der Waals surface area contributed by atoms with Gasteiger partial charge in [0.05, 0.1) is 13.7 Å². The molecular weight excluding hydrogens is 623 g/mol. The number of hydrogen-bond acceptors (Lipinski definition) is 6. The number of aliphatic imine (C=N–C) groups is 1. The van der Waals surface area contributed by atoms with Gasteiger partial charge in [-0.3, -0.25) is 4.79 Å². The second-order valence-corrected chi connectivity index (χ2v) is 11.7. The Kier molecular flexibility index (Phi) is 11.4. The molecule has 1 aliphatic heterocycles. The summed E-state index contributed by atoms with van der Waals surface area (Å²) in [5, 5.41) is 13.0. The van der Waals surface area contributed by atoms with E-state index in [1.165, 1.54) is 0 Å². The molecular formula is C37H36Cl2N2O5. The maximum atomic E-state index is 14.4. The molecule has 0 bridgehead atoms. The largest absolute Gasteiger partial charge is 0.497 e. The number of hydrogen-bond donors (Lipinski definition) is 2. The van der Waals surface area contributed by atoms with E-state index in [1.54, 1.807) is 25.3 Å². The summed E-state index contributed by atoms with van der Waals surface area (Å²) in [4.78, 5) is 19.4. The fraction of sp³-hybridized carbons (Fsp3) is 0.243. The van der Waals surface area contributed by atoms with E-state index in [1.807, 2.05) is 91.0 Å². The van der Waals surface area contributed by atoms with E-state index in [9.17, 15) is 4.79 Å². The Morgan fingerprint density at radius 3 is 2.54 bits per heavy atom. The summed E-state index contributed by atoms with van der Waals surface area (Å²) in [6.07, 6.45) is 4.44. The average Bonchev–Trinajstić information content (AvgIpc) is 3.46. The molecule has 7 nitrogen and oxygen atoms in total. The number of ether oxygens (including phenoxy) is 3. The van der Waals surface area contributed by atoms with Gasteiger partial charge in [0.25, 0.3) is 5.91 Å². The van der Waals surface area contributed by atoms with Gasteiger partial charge < -0.3 is 24.6 Å². The predicted molar refractivity (Wildman–Crippen MR) is 183 cm³/mol. The Morgan fingerprint density at radius 1 is 1.00 bits per heavy atom. The van der Waals surface area contributed by atoms with Crippen molar-refractivity contribution in [1.82, 2.24) is 5.32 Å². The molecule has 0 saturated heterocycles. The predicted octanol–water partition coefficient (Wildman–Crippen LogP) is 7.48. The number of nitrogens with one attached hydrogen (secondary N) is 1. The molecule has 0 unspecified atom stereocenters. The van der Waals surface area contributed by atoms with Gasteiger partial charge in [-0.2, -0.15) is 0 Å². The summed E-state index contributed by atoms with van der Waals surface area (Å²) in [7, 11) is 1.63. The van der Waals surface area contributed by atoms with Crippen LogP contribution in [0.3, 0.4) is 0 Å². The number of nitrogens with zero attached hydrogens (tertiary/aromatic N) is 1. The van der Waals surface area contributed by atoms with Crippen LogP contribution < -0.4 is 14.8 Å². The van der Waals surface area contributed by atoms with Gasteiger partial charge in [-0.15, -0.1) is 0 Å². The summed E-state index contributed by atoms with van der Waals surface area (Å²) >= 11 is 13.0. The fourth-order valence-electron chi connectivity index (χ4n) is 5.25. The van der Waals surface area contributed by atoms with Gasteiger partial charge in [0, 0.05) is 47.2 Å². The van der Waals surface area contributed by atoms with E-state index >= 15 is 0 Å². The lowest BCUT2D eigenvalue weighted by molar-refractivity contribution is -0.128. The first kappa shape index (κ1) is 33.1. The summed E-state index contributed by atoms with van der Waals surface area (Å²) < 4.78 is 17.6. The molecule has 46 heavy (non-hydrogen) atoms. The molecule has 1 heterocycles. The zero-order chi connectivity index (χ0) is 32.4. The van der Waals surface area contributed by atoms with Crippen molar-refractivity contribution in [3.05, 3.63) is 135 Å². The number of amides is 1. The van der Waals surface area contributed by atoms with Crippen molar-refractivity contribution < 1.29 is 24.1 Å². The number of benzene rings is 4.